The molecule has 0 saturated carbocycles. The predicted molar refractivity (Wildman–Crippen MR) is 84.5 cm³/mol. The van der Waals surface area contributed by atoms with Crippen LogP contribution < -0.4 is 10.5 Å². The first-order valence-electron chi connectivity index (χ1n) is 7.13. The van der Waals surface area contributed by atoms with E-state index in [1.807, 2.05) is 32.0 Å². The van der Waals surface area contributed by atoms with Crippen LogP contribution in [0.2, 0.25) is 0 Å². The molecule has 0 bridgehead atoms. The molecule has 1 aromatic carbocycles. The first-order chi connectivity index (χ1) is 10.9. The summed E-state index contributed by atoms with van der Waals surface area (Å²) in [5.41, 5.74) is 6.27. The third-order valence-electron chi connectivity index (χ3n) is 3.04. The number of nitriles is 1. The van der Waals surface area contributed by atoms with Gasteiger partial charge >= 0.3 is 5.97 Å². The van der Waals surface area contributed by atoms with Crippen molar-refractivity contribution in [1.29, 1.82) is 5.26 Å². The lowest BCUT2D eigenvalue weighted by molar-refractivity contribution is -0.149. The number of hydrogen-bond acceptors (Lipinski definition) is 6. The van der Waals surface area contributed by atoms with Gasteiger partial charge in [0.1, 0.15) is 17.4 Å². The maximum Gasteiger partial charge on any atom is 0.344 e. The fraction of sp³-hybridized carbons (Fsp3) is 0.353. The van der Waals surface area contributed by atoms with Crippen LogP contribution in [-0.4, -0.2) is 25.0 Å². The molecular formula is C17H20N2O4. The molecule has 6 heteroatoms. The number of rotatable bonds is 7. The number of para-hydroxylation sites is 1. The molecule has 0 atom stereocenters. The monoisotopic (exact) mass is 316 g/mol. The van der Waals surface area contributed by atoms with Gasteiger partial charge in [0.15, 0.2) is 13.2 Å². The number of Topliss-reactive ketones (excluding diaryl/α,β-unsaturated/α-hetero) is 1. The molecule has 1 rings (SSSR count). The Kier molecular flexibility index (Phi) is 6.81. The number of ketones is 1. The second kappa shape index (κ2) is 8.59. The van der Waals surface area contributed by atoms with E-state index >= 15 is 0 Å². The first-order valence-corrected chi connectivity index (χ1v) is 7.13. The molecule has 0 spiro atoms. The van der Waals surface area contributed by atoms with Gasteiger partial charge in [-0.3, -0.25) is 4.79 Å². The molecule has 0 heterocycles. The zero-order valence-electron chi connectivity index (χ0n) is 13.5. The number of allylic oxidation sites excluding steroid dienone is 1. The summed E-state index contributed by atoms with van der Waals surface area (Å²) in [6.45, 7) is 4.62. The third-order valence-corrected chi connectivity index (χ3v) is 3.04. The quantitative estimate of drug-likeness (QED) is 0.469. The van der Waals surface area contributed by atoms with Crippen LogP contribution in [0.1, 0.15) is 32.3 Å². The number of benzene rings is 1. The van der Waals surface area contributed by atoms with Gasteiger partial charge < -0.3 is 15.2 Å². The van der Waals surface area contributed by atoms with Crippen molar-refractivity contribution >= 4 is 11.8 Å². The second-order valence-electron chi connectivity index (χ2n) is 5.23. The van der Waals surface area contributed by atoms with Crippen molar-refractivity contribution < 1.29 is 19.1 Å². The standard InChI is InChI=1S/C17H20N2O4/c1-11(2)13-6-4-5-7-16(13)22-10-17(21)23-9-15(20)14(8-18)12(3)19/h4-7,11H,9-10,19H2,1-3H3/b14-12-. The molecule has 0 fully saturated rings. The number of carbonyl (C=O) groups is 2. The van der Waals surface area contributed by atoms with Crippen LogP contribution in [0.25, 0.3) is 0 Å². The SMILES string of the molecule is C/C(N)=C(\C#N)C(=O)COC(=O)COc1ccccc1C(C)C. The average molecular weight is 316 g/mol. The number of carbonyl (C=O) groups excluding carboxylic acids is 2. The average Bonchev–Trinajstić information content (AvgIpc) is 2.51. The summed E-state index contributed by atoms with van der Waals surface area (Å²) < 4.78 is 10.2. The van der Waals surface area contributed by atoms with Crippen molar-refractivity contribution in [3.8, 4) is 11.8 Å². The Hall–Kier alpha value is -2.81. The summed E-state index contributed by atoms with van der Waals surface area (Å²) in [5, 5.41) is 8.79. The molecule has 6 nitrogen and oxygen atoms in total. The summed E-state index contributed by atoms with van der Waals surface area (Å²) in [6, 6.07) is 9.07. The van der Waals surface area contributed by atoms with E-state index in [1.54, 1.807) is 12.1 Å². The summed E-state index contributed by atoms with van der Waals surface area (Å²) >= 11 is 0. The van der Waals surface area contributed by atoms with Gasteiger partial charge in [-0.1, -0.05) is 32.0 Å². The molecule has 0 amide bonds. The van der Waals surface area contributed by atoms with Crippen LogP contribution in [0.15, 0.2) is 35.5 Å². The van der Waals surface area contributed by atoms with E-state index < -0.39 is 18.4 Å². The lowest BCUT2D eigenvalue weighted by Gasteiger charge is -2.13. The molecule has 23 heavy (non-hydrogen) atoms. The van der Waals surface area contributed by atoms with E-state index in [1.165, 1.54) is 6.92 Å². The predicted octanol–water partition coefficient (Wildman–Crippen LogP) is 2.06. The Morgan fingerprint density at radius 3 is 2.48 bits per heavy atom. The molecule has 1 aromatic rings. The first kappa shape index (κ1) is 18.2. The van der Waals surface area contributed by atoms with Gasteiger partial charge in [-0.25, -0.2) is 4.79 Å². The van der Waals surface area contributed by atoms with Crippen LogP contribution in [0.3, 0.4) is 0 Å². The van der Waals surface area contributed by atoms with Crippen molar-refractivity contribution in [3.05, 3.63) is 41.1 Å². The molecule has 0 aliphatic heterocycles. The van der Waals surface area contributed by atoms with E-state index in [2.05, 4.69) is 0 Å². The van der Waals surface area contributed by atoms with Gasteiger partial charge in [-0.15, -0.1) is 0 Å². The Balaban J connectivity index is 2.55. The molecule has 0 aliphatic rings. The fourth-order valence-corrected chi connectivity index (χ4v) is 1.86. The van der Waals surface area contributed by atoms with E-state index in [4.69, 9.17) is 20.5 Å². The molecule has 0 unspecified atom stereocenters. The van der Waals surface area contributed by atoms with Crippen molar-refractivity contribution in [2.45, 2.75) is 26.7 Å². The van der Waals surface area contributed by atoms with E-state index in [0.717, 1.165) is 5.56 Å². The van der Waals surface area contributed by atoms with Gasteiger partial charge in [-0.2, -0.15) is 5.26 Å². The van der Waals surface area contributed by atoms with Crippen LogP contribution in [0, 0.1) is 11.3 Å². The summed E-state index contributed by atoms with van der Waals surface area (Å²) in [7, 11) is 0. The highest BCUT2D eigenvalue weighted by Crippen LogP contribution is 2.25. The highest BCUT2D eigenvalue weighted by Gasteiger charge is 2.15. The highest BCUT2D eigenvalue weighted by atomic mass is 16.6. The topological polar surface area (TPSA) is 102 Å². The number of nitrogens with zero attached hydrogens (tertiary/aromatic N) is 1. The van der Waals surface area contributed by atoms with Crippen molar-refractivity contribution in [2.24, 2.45) is 5.73 Å². The van der Waals surface area contributed by atoms with Crippen molar-refractivity contribution in [1.82, 2.24) is 0 Å². The lowest BCUT2D eigenvalue weighted by Crippen LogP contribution is -2.21. The Bertz CT molecular complexity index is 653. The van der Waals surface area contributed by atoms with Gasteiger partial charge in [0.2, 0.25) is 5.78 Å². The molecule has 2 N–H and O–H groups in total. The molecular weight excluding hydrogens is 296 g/mol. The maximum absolute atomic E-state index is 11.7. The van der Waals surface area contributed by atoms with Gasteiger partial charge in [0.05, 0.1) is 0 Å². The third kappa shape index (κ3) is 5.47. The zero-order valence-corrected chi connectivity index (χ0v) is 13.5. The summed E-state index contributed by atoms with van der Waals surface area (Å²) in [5.74, 6) is -0.479. The number of nitrogens with two attached hydrogens (primary N) is 1. The lowest BCUT2D eigenvalue weighted by atomic mass is 10.0. The maximum atomic E-state index is 11.7. The number of ether oxygens (including phenoxy) is 2. The van der Waals surface area contributed by atoms with Gasteiger partial charge in [-0.05, 0) is 24.5 Å². The van der Waals surface area contributed by atoms with Crippen LogP contribution in [0.4, 0.5) is 0 Å². The largest absolute Gasteiger partial charge is 0.482 e. The molecule has 0 radical (unpaired) electrons. The van der Waals surface area contributed by atoms with E-state index in [-0.39, 0.29) is 23.8 Å². The van der Waals surface area contributed by atoms with E-state index in [0.29, 0.717) is 5.75 Å². The summed E-state index contributed by atoms with van der Waals surface area (Å²) in [4.78, 5) is 23.3. The smallest absolute Gasteiger partial charge is 0.344 e. The zero-order chi connectivity index (χ0) is 17.4. The fourth-order valence-electron chi connectivity index (χ4n) is 1.86. The number of esters is 1. The van der Waals surface area contributed by atoms with Gasteiger partial charge in [0, 0.05) is 5.70 Å². The van der Waals surface area contributed by atoms with Crippen LogP contribution in [0.5, 0.6) is 5.75 Å². The van der Waals surface area contributed by atoms with Gasteiger partial charge in [0.25, 0.3) is 0 Å². The van der Waals surface area contributed by atoms with Crippen LogP contribution in [-0.2, 0) is 14.3 Å². The Morgan fingerprint density at radius 2 is 1.91 bits per heavy atom. The molecule has 122 valence electrons. The molecule has 0 saturated heterocycles. The second-order valence-corrected chi connectivity index (χ2v) is 5.23. The Labute approximate surface area is 135 Å². The molecule has 0 aromatic heterocycles. The van der Waals surface area contributed by atoms with Crippen molar-refractivity contribution in [3.63, 3.8) is 0 Å². The van der Waals surface area contributed by atoms with E-state index in [9.17, 15) is 9.59 Å². The minimum atomic E-state index is -0.691. The van der Waals surface area contributed by atoms with Crippen LogP contribution >= 0.6 is 0 Å². The number of hydrogen-bond donors (Lipinski definition) is 1. The highest BCUT2D eigenvalue weighted by molar-refractivity contribution is 6.01. The van der Waals surface area contributed by atoms with Crippen molar-refractivity contribution in [2.75, 3.05) is 13.2 Å². The minimum Gasteiger partial charge on any atom is -0.482 e. The summed E-state index contributed by atoms with van der Waals surface area (Å²) in [6.07, 6.45) is 0. The normalized spacial score (nSPS) is 11.4. The minimum absolute atomic E-state index is 0.0932. The Morgan fingerprint density at radius 1 is 1.26 bits per heavy atom. The molecule has 0 aliphatic carbocycles.